The monoisotopic (exact) mass is 347 g/mol. The Hall–Kier alpha value is -1.93. The second kappa shape index (κ2) is 7.10. The number of aryl methyl sites for hydroxylation is 3. The molecule has 3 aromatic rings. The van der Waals surface area contributed by atoms with Gasteiger partial charge >= 0.3 is 0 Å². The molecule has 0 fully saturated rings. The van der Waals surface area contributed by atoms with E-state index in [4.69, 9.17) is 4.52 Å². The molecular formula is C15H17N5OS2. The van der Waals surface area contributed by atoms with E-state index >= 15 is 0 Å². The number of nitrogens with one attached hydrogen (secondary N) is 1. The number of thioether (sulfide) groups is 1. The molecule has 0 bridgehead atoms. The highest BCUT2D eigenvalue weighted by Gasteiger charge is 2.09. The molecule has 1 aromatic carbocycles. The number of hydrogen-bond acceptors (Lipinski definition) is 8. The Kier molecular flexibility index (Phi) is 4.92. The molecular weight excluding hydrogens is 330 g/mol. The SMILES string of the molecule is CCc1nc(CSc2nnc(Nc3ccc(C)c(C)c3)s2)no1. The summed E-state index contributed by atoms with van der Waals surface area (Å²) in [5.74, 6) is 1.97. The van der Waals surface area contributed by atoms with Gasteiger partial charge in [0, 0.05) is 12.1 Å². The Morgan fingerprint density at radius 3 is 2.83 bits per heavy atom. The summed E-state index contributed by atoms with van der Waals surface area (Å²) in [6.07, 6.45) is 0.751. The predicted molar refractivity (Wildman–Crippen MR) is 92.3 cm³/mol. The van der Waals surface area contributed by atoms with Gasteiger partial charge < -0.3 is 9.84 Å². The zero-order valence-electron chi connectivity index (χ0n) is 13.2. The van der Waals surface area contributed by atoms with Gasteiger partial charge in [-0.05, 0) is 37.1 Å². The smallest absolute Gasteiger partial charge is 0.226 e. The minimum absolute atomic E-state index is 0.627. The van der Waals surface area contributed by atoms with Crippen LogP contribution in [0, 0.1) is 13.8 Å². The maximum atomic E-state index is 5.09. The van der Waals surface area contributed by atoms with Crippen LogP contribution in [0.3, 0.4) is 0 Å². The molecule has 8 heteroatoms. The molecule has 23 heavy (non-hydrogen) atoms. The van der Waals surface area contributed by atoms with Crippen molar-refractivity contribution in [3.63, 3.8) is 0 Å². The number of aromatic nitrogens is 4. The lowest BCUT2D eigenvalue weighted by molar-refractivity contribution is 0.378. The molecule has 6 nitrogen and oxygen atoms in total. The largest absolute Gasteiger partial charge is 0.339 e. The Bertz CT molecular complexity index is 799. The summed E-state index contributed by atoms with van der Waals surface area (Å²) in [4.78, 5) is 4.28. The summed E-state index contributed by atoms with van der Waals surface area (Å²) in [6.45, 7) is 6.18. The van der Waals surface area contributed by atoms with Gasteiger partial charge in [-0.2, -0.15) is 4.98 Å². The lowest BCUT2D eigenvalue weighted by Crippen LogP contribution is -1.91. The highest BCUT2D eigenvalue weighted by molar-refractivity contribution is 8.00. The van der Waals surface area contributed by atoms with Crippen molar-refractivity contribution in [2.24, 2.45) is 0 Å². The van der Waals surface area contributed by atoms with Crippen LogP contribution in [-0.2, 0) is 12.2 Å². The summed E-state index contributed by atoms with van der Waals surface area (Å²) >= 11 is 3.07. The molecule has 3 rings (SSSR count). The first-order valence-electron chi connectivity index (χ1n) is 7.26. The molecule has 0 atom stereocenters. The van der Waals surface area contributed by atoms with Crippen LogP contribution in [0.15, 0.2) is 27.1 Å². The Balaban J connectivity index is 1.60. The molecule has 0 radical (unpaired) electrons. The van der Waals surface area contributed by atoms with Gasteiger partial charge in [0.05, 0.1) is 5.75 Å². The summed E-state index contributed by atoms with van der Waals surface area (Å²) < 4.78 is 5.96. The normalized spacial score (nSPS) is 10.9. The van der Waals surface area contributed by atoms with Gasteiger partial charge in [0.15, 0.2) is 10.2 Å². The second-order valence-electron chi connectivity index (χ2n) is 5.04. The van der Waals surface area contributed by atoms with E-state index in [1.807, 2.05) is 13.0 Å². The van der Waals surface area contributed by atoms with Crippen LogP contribution >= 0.6 is 23.1 Å². The minimum Gasteiger partial charge on any atom is -0.339 e. The standard InChI is InChI=1S/C15H17N5OS2/c1-4-13-17-12(20-21-13)8-22-15-19-18-14(23-15)16-11-6-5-9(2)10(3)7-11/h5-7H,4,8H2,1-3H3,(H,16,18). The van der Waals surface area contributed by atoms with Gasteiger partial charge in [0.2, 0.25) is 11.0 Å². The van der Waals surface area contributed by atoms with Crippen molar-refractivity contribution in [3.8, 4) is 0 Å². The summed E-state index contributed by atoms with van der Waals surface area (Å²) in [6, 6.07) is 6.24. The summed E-state index contributed by atoms with van der Waals surface area (Å²) in [5, 5.41) is 16.3. The first-order chi connectivity index (χ1) is 11.1. The van der Waals surface area contributed by atoms with Crippen LogP contribution in [0.2, 0.25) is 0 Å². The third-order valence-electron chi connectivity index (χ3n) is 3.30. The Morgan fingerprint density at radius 2 is 2.09 bits per heavy atom. The first-order valence-corrected chi connectivity index (χ1v) is 9.06. The number of rotatable bonds is 6. The van der Waals surface area contributed by atoms with Gasteiger partial charge in [-0.3, -0.25) is 0 Å². The van der Waals surface area contributed by atoms with Crippen molar-refractivity contribution in [1.82, 2.24) is 20.3 Å². The van der Waals surface area contributed by atoms with Crippen LogP contribution in [0.4, 0.5) is 10.8 Å². The van der Waals surface area contributed by atoms with Crippen LogP contribution in [0.1, 0.15) is 29.8 Å². The average molecular weight is 347 g/mol. The molecule has 0 amide bonds. The van der Waals surface area contributed by atoms with Crippen LogP contribution in [-0.4, -0.2) is 20.3 Å². The fraction of sp³-hybridized carbons (Fsp3) is 0.333. The van der Waals surface area contributed by atoms with E-state index in [9.17, 15) is 0 Å². The van der Waals surface area contributed by atoms with E-state index < -0.39 is 0 Å². The fourth-order valence-corrected chi connectivity index (χ4v) is 3.50. The highest BCUT2D eigenvalue weighted by Crippen LogP contribution is 2.29. The number of hydrogen-bond donors (Lipinski definition) is 1. The van der Waals surface area contributed by atoms with Crippen molar-refractivity contribution in [2.45, 2.75) is 37.3 Å². The van der Waals surface area contributed by atoms with Crippen molar-refractivity contribution < 1.29 is 4.52 Å². The molecule has 0 unspecified atom stereocenters. The van der Waals surface area contributed by atoms with Crippen LogP contribution in [0.25, 0.3) is 0 Å². The molecule has 0 aliphatic carbocycles. The van der Waals surface area contributed by atoms with E-state index in [-0.39, 0.29) is 0 Å². The topological polar surface area (TPSA) is 76.7 Å². The zero-order valence-corrected chi connectivity index (χ0v) is 14.8. The van der Waals surface area contributed by atoms with Gasteiger partial charge in [-0.1, -0.05) is 41.2 Å². The lowest BCUT2D eigenvalue weighted by atomic mass is 10.1. The van der Waals surface area contributed by atoms with E-state index in [0.29, 0.717) is 17.5 Å². The Labute approximate surface area is 142 Å². The van der Waals surface area contributed by atoms with E-state index in [0.717, 1.165) is 21.6 Å². The van der Waals surface area contributed by atoms with Crippen molar-refractivity contribution in [1.29, 1.82) is 0 Å². The molecule has 120 valence electrons. The summed E-state index contributed by atoms with van der Waals surface area (Å²) in [5.41, 5.74) is 3.54. The van der Waals surface area contributed by atoms with Crippen molar-refractivity contribution >= 4 is 33.9 Å². The minimum atomic E-state index is 0.627. The molecule has 2 aromatic heterocycles. The zero-order chi connectivity index (χ0) is 16.2. The lowest BCUT2D eigenvalue weighted by Gasteiger charge is -2.05. The Morgan fingerprint density at radius 1 is 1.22 bits per heavy atom. The molecule has 0 saturated heterocycles. The van der Waals surface area contributed by atoms with Crippen LogP contribution < -0.4 is 5.32 Å². The maximum Gasteiger partial charge on any atom is 0.226 e. The van der Waals surface area contributed by atoms with Gasteiger partial charge in [0.25, 0.3) is 0 Å². The van der Waals surface area contributed by atoms with Crippen molar-refractivity contribution in [2.75, 3.05) is 5.32 Å². The average Bonchev–Trinajstić information content (AvgIpc) is 3.18. The molecule has 0 aliphatic rings. The van der Waals surface area contributed by atoms with Gasteiger partial charge in [-0.15, -0.1) is 10.2 Å². The fourth-order valence-electron chi connectivity index (χ4n) is 1.88. The third-order valence-corrected chi connectivity index (χ3v) is 5.27. The first kappa shape index (κ1) is 15.9. The predicted octanol–water partition coefficient (Wildman–Crippen LogP) is 4.14. The molecule has 2 heterocycles. The molecule has 0 aliphatic heterocycles. The maximum absolute atomic E-state index is 5.09. The third kappa shape index (κ3) is 4.08. The number of benzene rings is 1. The van der Waals surface area contributed by atoms with Crippen LogP contribution in [0.5, 0.6) is 0 Å². The van der Waals surface area contributed by atoms with Gasteiger partial charge in [0.1, 0.15) is 0 Å². The second-order valence-corrected chi connectivity index (χ2v) is 7.24. The van der Waals surface area contributed by atoms with Crippen molar-refractivity contribution in [3.05, 3.63) is 41.0 Å². The highest BCUT2D eigenvalue weighted by atomic mass is 32.2. The van der Waals surface area contributed by atoms with E-state index in [1.165, 1.54) is 22.5 Å². The molecule has 0 spiro atoms. The van der Waals surface area contributed by atoms with E-state index in [1.54, 1.807) is 11.8 Å². The number of anilines is 2. The quantitative estimate of drug-likeness (QED) is 0.672. The van der Waals surface area contributed by atoms with E-state index in [2.05, 4.69) is 51.6 Å². The van der Waals surface area contributed by atoms with Gasteiger partial charge in [-0.25, -0.2) is 0 Å². The molecule has 1 N–H and O–H groups in total. The number of nitrogens with zero attached hydrogens (tertiary/aromatic N) is 4. The summed E-state index contributed by atoms with van der Waals surface area (Å²) in [7, 11) is 0. The molecule has 0 saturated carbocycles.